The third-order valence-corrected chi connectivity index (χ3v) is 4.70. The van der Waals surface area contributed by atoms with Crippen LogP contribution in [0.3, 0.4) is 0 Å². The summed E-state index contributed by atoms with van der Waals surface area (Å²) in [5.74, 6) is 0. The summed E-state index contributed by atoms with van der Waals surface area (Å²) in [6, 6.07) is 4.04. The molecular formula is C10H13ClF2N2O3S. The fraction of sp³-hybridized carbons (Fsp3) is 0.400. The summed E-state index contributed by atoms with van der Waals surface area (Å²) < 4.78 is 49.7. The molecule has 5 nitrogen and oxygen atoms in total. The largest absolute Gasteiger partial charge is 0.398 e. The first-order chi connectivity index (χ1) is 8.80. The van der Waals surface area contributed by atoms with Gasteiger partial charge < -0.3 is 10.8 Å². The van der Waals surface area contributed by atoms with Gasteiger partial charge >= 0.3 is 0 Å². The summed E-state index contributed by atoms with van der Waals surface area (Å²) in [6.07, 6.45) is -2.87. The Morgan fingerprint density at radius 1 is 1.42 bits per heavy atom. The molecule has 0 spiro atoms. The van der Waals surface area contributed by atoms with E-state index in [1.165, 1.54) is 18.2 Å². The number of rotatable bonds is 6. The van der Waals surface area contributed by atoms with Crippen molar-refractivity contribution in [2.75, 3.05) is 25.4 Å². The van der Waals surface area contributed by atoms with Crippen LogP contribution < -0.4 is 5.73 Å². The minimum absolute atomic E-state index is 0.135. The molecule has 0 saturated heterocycles. The van der Waals surface area contributed by atoms with Gasteiger partial charge in [0.05, 0.1) is 23.9 Å². The zero-order chi connectivity index (χ0) is 14.6. The van der Waals surface area contributed by atoms with Crippen molar-refractivity contribution >= 4 is 27.3 Å². The molecule has 0 amide bonds. The van der Waals surface area contributed by atoms with E-state index in [1.807, 2.05) is 0 Å². The van der Waals surface area contributed by atoms with Gasteiger partial charge in [0, 0.05) is 6.54 Å². The Hall–Kier alpha value is -0.960. The van der Waals surface area contributed by atoms with E-state index in [2.05, 4.69) is 0 Å². The number of hydrogen-bond acceptors (Lipinski definition) is 4. The average molecular weight is 315 g/mol. The van der Waals surface area contributed by atoms with Gasteiger partial charge in [0.1, 0.15) is 4.90 Å². The maximum absolute atomic E-state index is 12.4. The molecule has 0 radical (unpaired) electrons. The van der Waals surface area contributed by atoms with Crippen molar-refractivity contribution in [3.05, 3.63) is 23.2 Å². The van der Waals surface area contributed by atoms with Gasteiger partial charge in [-0.25, -0.2) is 17.2 Å². The maximum atomic E-state index is 12.4. The highest BCUT2D eigenvalue weighted by Crippen LogP contribution is 2.30. The lowest BCUT2D eigenvalue weighted by Crippen LogP contribution is -2.37. The third kappa shape index (κ3) is 3.75. The van der Waals surface area contributed by atoms with Gasteiger partial charge in [0.15, 0.2) is 0 Å². The smallest absolute Gasteiger partial charge is 0.252 e. The number of aliphatic hydroxyl groups excluding tert-OH is 1. The molecule has 0 aliphatic carbocycles. The zero-order valence-electron chi connectivity index (χ0n) is 9.76. The van der Waals surface area contributed by atoms with Crippen molar-refractivity contribution < 1.29 is 22.3 Å². The predicted molar refractivity (Wildman–Crippen MR) is 67.7 cm³/mol. The van der Waals surface area contributed by atoms with Crippen LogP contribution in [0.5, 0.6) is 0 Å². The second kappa shape index (κ2) is 6.47. The molecule has 0 fully saturated rings. The summed E-state index contributed by atoms with van der Waals surface area (Å²) in [4.78, 5) is -0.425. The molecule has 0 aliphatic heterocycles. The van der Waals surface area contributed by atoms with Gasteiger partial charge in [0.2, 0.25) is 10.0 Å². The number of sulfonamides is 1. The molecule has 0 aromatic heterocycles. The molecule has 0 aliphatic rings. The quantitative estimate of drug-likeness (QED) is 0.772. The average Bonchev–Trinajstić information content (AvgIpc) is 2.27. The zero-order valence-corrected chi connectivity index (χ0v) is 11.3. The minimum Gasteiger partial charge on any atom is -0.398 e. The Morgan fingerprint density at radius 2 is 2.05 bits per heavy atom. The number of alkyl halides is 2. The SMILES string of the molecule is Nc1cccc(Cl)c1S(=O)(=O)N(CCO)CC(F)F. The fourth-order valence-electron chi connectivity index (χ4n) is 1.50. The van der Waals surface area contributed by atoms with Gasteiger partial charge in [-0.2, -0.15) is 4.31 Å². The van der Waals surface area contributed by atoms with Crippen LogP contribution in [0.15, 0.2) is 23.1 Å². The summed E-state index contributed by atoms with van der Waals surface area (Å²) in [6.45, 7) is -2.08. The van der Waals surface area contributed by atoms with Crippen LogP contribution in [0.4, 0.5) is 14.5 Å². The highest BCUT2D eigenvalue weighted by atomic mass is 35.5. The number of aliphatic hydroxyl groups is 1. The van der Waals surface area contributed by atoms with Gasteiger partial charge in [0.25, 0.3) is 6.43 Å². The Labute approximate surface area is 114 Å². The Kier molecular flexibility index (Phi) is 5.48. The van der Waals surface area contributed by atoms with E-state index < -0.39 is 41.0 Å². The number of nitrogen functional groups attached to an aromatic ring is 1. The molecule has 1 aromatic carbocycles. The van der Waals surface area contributed by atoms with E-state index >= 15 is 0 Å². The lowest BCUT2D eigenvalue weighted by atomic mass is 10.3. The van der Waals surface area contributed by atoms with E-state index in [-0.39, 0.29) is 10.7 Å². The second-order valence-corrected chi connectivity index (χ2v) is 5.92. The van der Waals surface area contributed by atoms with Crippen LogP contribution in [-0.4, -0.2) is 44.0 Å². The molecule has 1 aromatic rings. The summed E-state index contributed by atoms with van der Waals surface area (Å²) in [7, 11) is -4.28. The van der Waals surface area contributed by atoms with E-state index in [4.69, 9.17) is 22.4 Å². The fourth-order valence-corrected chi connectivity index (χ4v) is 3.55. The van der Waals surface area contributed by atoms with Crippen LogP contribution in [0.1, 0.15) is 0 Å². The Morgan fingerprint density at radius 3 is 2.53 bits per heavy atom. The van der Waals surface area contributed by atoms with Crippen molar-refractivity contribution in [1.29, 1.82) is 0 Å². The molecular weight excluding hydrogens is 302 g/mol. The van der Waals surface area contributed by atoms with Crippen molar-refractivity contribution in [3.8, 4) is 0 Å². The summed E-state index contributed by atoms with van der Waals surface area (Å²) in [5, 5.41) is 8.63. The third-order valence-electron chi connectivity index (χ3n) is 2.29. The predicted octanol–water partition coefficient (Wildman–Crippen LogP) is 1.17. The van der Waals surface area contributed by atoms with Gasteiger partial charge in [-0.05, 0) is 12.1 Å². The highest BCUT2D eigenvalue weighted by molar-refractivity contribution is 7.89. The Balaban J connectivity index is 3.27. The Bertz CT molecular complexity index is 519. The normalized spacial score (nSPS) is 12.3. The van der Waals surface area contributed by atoms with E-state index in [9.17, 15) is 17.2 Å². The van der Waals surface area contributed by atoms with Gasteiger partial charge in [-0.3, -0.25) is 0 Å². The summed E-state index contributed by atoms with van der Waals surface area (Å²) >= 11 is 5.76. The molecule has 0 atom stereocenters. The molecule has 0 saturated carbocycles. The molecule has 1 rings (SSSR count). The van der Waals surface area contributed by atoms with E-state index in [0.717, 1.165) is 0 Å². The number of halogens is 3. The highest BCUT2D eigenvalue weighted by Gasteiger charge is 2.30. The molecule has 0 heterocycles. The summed E-state index contributed by atoms with van der Waals surface area (Å²) in [5.41, 5.74) is 5.40. The van der Waals surface area contributed by atoms with Crippen LogP contribution in [0.2, 0.25) is 5.02 Å². The van der Waals surface area contributed by atoms with E-state index in [1.54, 1.807) is 0 Å². The van der Waals surface area contributed by atoms with Crippen molar-refractivity contribution in [1.82, 2.24) is 4.31 Å². The number of hydrogen-bond donors (Lipinski definition) is 2. The van der Waals surface area contributed by atoms with Gasteiger partial charge in [-0.15, -0.1) is 0 Å². The number of anilines is 1. The molecule has 0 unspecified atom stereocenters. The lowest BCUT2D eigenvalue weighted by Gasteiger charge is -2.22. The first-order valence-electron chi connectivity index (χ1n) is 5.24. The number of nitrogens with zero attached hydrogens (tertiary/aromatic N) is 1. The first-order valence-corrected chi connectivity index (χ1v) is 7.05. The monoisotopic (exact) mass is 314 g/mol. The van der Waals surface area contributed by atoms with Crippen LogP contribution in [-0.2, 0) is 10.0 Å². The van der Waals surface area contributed by atoms with Gasteiger partial charge in [-0.1, -0.05) is 17.7 Å². The lowest BCUT2D eigenvalue weighted by molar-refractivity contribution is 0.113. The topological polar surface area (TPSA) is 83.6 Å². The molecule has 3 N–H and O–H groups in total. The molecule has 19 heavy (non-hydrogen) atoms. The van der Waals surface area contributed by atoms with E-state index in [0.29, 0.717) is 4.31 Å². The maximum Gasteiger partial charge on any atom is 0.252 e. The van der Waals surface area contributed by atoms with Crippen LogP contribution >= 0.6 is 11.6 Å². The van der Waals surface area contributed by atoms with Crippen molar-refractivity contribution in [2.24, 2.45) is 0 Å². The second-order valence-electron chi connectivity index (χ2n) is 3.64. The molecule has 108 valence electrons. The van der Waals surface area contributed by atoms with Crippen LogP contribution in [0.25, 0.3) is 0 Å². The minimum atomic E-state index is -4.28. The molecule has 9 heteroatoms. The standard InChI is InChI=1S/C10H13ClF2N2O3S/c11-7-2-1-3-8(14)10(7)19(17,18)15(4-5-16)6-9(12)13/h1-3,9,16H,4-6,14H2. The number of nitrogens with two attached hydrogens (primary N) is 1. The first kappa shape index (κ1) is 16.1. The van der Waals surface area contributed by atoms with Crippen molar-refractivity contribution in [2.45, 2.75) is 11.3 Å². The molecule has 0 bridgehead atoms. The van der Waals surface area contributed by atoms with Crippen LogP contribution in [0, 0.1) is 0 Å². The number of benzene rings is 1. The van der Waals surface area contributed by atoms with Crippen molar-refractivity contribution in [3.63, 3.8) is 0 Å².